The second-order valence-corrected chi connectivity index (χ2v) is 6.97. The fourth-order valence-corrected chi connectivity index (χ4v) is 3.15. The standard InChI is InChI=1S/C19H31N5O.HI/c1-14-8-9-16(13-15(14)2)22-19(20)21-10-6-12-24-11-5-7-17(24)18(25)23(3)4;/h8-9,13,17H,5-7,10-12H2,1-4H3,(H3,20,21,22);1H. The smallest absolute Gasteiger partial charge is 0.239 e. The summed E-state index contributed by atoms with van der Waals surface area (Å²) in [5.74, 6) is 0.641. The van der Waals surface area contributed by atoms with E-state index in [4.69, 9.17) is 5.73 Å². The number of aliphatic imine (C=N–C) groups is 1. The second-order valence-electron chi connectivity index (χ2n) is 6.97. The fourth-order valence-electron chi connectivity index (χ4n) is 3.15. The number of halogens is 1. The van der Waals surface area contributed by atoms with Gasteiger partial charge in [0.1, 0.15) is 0 Å². The highest BCUT2D eigenvalue weighted by Gasteiger charge is 2.30. The molecule has 0 bridgehead atoms. The van der Waals surface area contributed by atoms with Crippen LogP contribution in [0.3, 0.4) is 0 Å². The molecular weight excluding hydrogens is 441 g/mol. The average molecular weight is 473 g/mol. The largest absolute Gasteiger partial charge is 0.370 e. The summed E-state index contributed by atoms with van der Waals surface area (Å²) in [6.45, 7) is 6.69. The van der Waals surface area contributed by atoms with Crippen molar-refractivity contribution in [2.45, 2.75) is 39.2 Å². The number of benzene rings is 1. The Bertz CT molecular complexity index is 632. The molecule has 1 heterocycles. The van der Waals surface area contributed by atoms with E-state index in [0.717, 1.165) is 38.0 Å². The molecule has 6 nitrogen and oxygen atoms in total. The zero-order valence-corrected chi connectivity index (χ0v) is 18.6. The monoisotopic (exact) mass is 473 g/mol. The van der Waals surface area contributed by atoms with E-state index < -0.39 is 0 Å². The molecule has 26 heavy (non-hydrogen) atoms. The van der Waals surface area contributed by atoms with Gasteiger partial charge in [0.15, 0.2) is 5.96 Å². The zero-order valence-electron chi connectivity index (χ0n) is 16.3. The van der Waals surface area contributed by atoms with E-state index in [2.05, 4.69) is 41.2 Å². The first-order valence-corrected chi connectivity index (χ1v) is 8.98. The number of carbonyl (C=O) groups is 1. The molecule has 1 atom stereocenters. The number of guanidine groups is 1. The topological polar surface area (TPSA) is 74.0 Å². The number of nitrogens with one attached hydrogen (secondary N) is 1. The molecule has 1 saturated heterocycles. The number of nitrogens with two attached hydrogens (primary N) is 1. The minimum absolute atomic E-state index is 0. The summed E-state index contributed by atoms with van der Waals surface area (Å²) in [6, 6.07) is 6.18. The Hall–Kier alpha value is -1.35. The lowest BCUT2D eigenvalue weighted by molar-refractivity contribution is -0.133. The molecule has 1 unspecified atom stereocenters. The Morgan fingerprint density at radius 2 is 2.08 bits per heavy atom. The Morgan fingerprint density at radius 3 is 2.73 bits per heavy atom. The normalized spacial score (nSPS) is 17.7. The van der Waals surface area contributed by atoms with Crippen LogP contribution < -0.4 is 11.1 Å². The van der Waals surface area contributed by atoms with Gasteiger partial charge in [-0.1, -0.05) is 6.07 Å². The predicted octanol–water partition coefficient (Wildman–Crippen LogP) is 2.59. The van der Waals surface area contributed by atoms with Crippen LogP contribution >= 0.6 is 24.0 Å². The van der Waals surface area contributed by atoms with Crippen LogP contribution in [0.2, 0.25) is 0 Å². The first-order valence-electron chi connectivity index (χ1n) is 8.98. The van der Waals surface area contributed by atoms with Crippen molar-refractivity contribution >= 4 is 41.5 Å². The van der Waals surface area contributed by atoms with E-state index in [1.54, 1.807) is 4.90 Å². The van der Waals surface area contributed by atoms with E-state index in [1.807, 2.05) is 20.2 Å². The van der Waals surface area contributed by atoms with Crippen LogP contribution in [0.25, 0.3) is 0 Å². The molecule has 0 aliphatic carbocycles. The summed E-state index contributed by atoms with van der Waals surface area (Å²) >= 11 is 0. The van der Waals surface area contributed by atoms with Gasteiger partial charge < -0.3 is 16.0 Å². The number of aryl methyl sites for hydroxylation is 2. The third-order valence-corrected chi connectivity index (χ3v) is 4.75. The van der Waals surface area contributed by atoms with Crippen molar-refractivity contribution in [3.63, 3.8) is 0 Å². The van der Waals surface area contributed by atoms with Gasteiger partial charge in [-0.2, -0.15) is 0 Å². The van der Waals surface area contributed by atoms with Crippen LogP contribution in [0.15, 0.2) is 23.2 Å². The van der Waals surface area contributed by atoms with Gasteiger partial charge in [-0.05, 0) is 62.9 Å². The Labute approximate surface area is 174 Å². The van der Waals surface area contributed by atoms with E-state index in [1.165, 1.54) is 11.1 Å². The number of hydrogen-bond acceptors (Lipinski definition) is 3. The first-order chi connectivity index (χ1) is 11.9. The fraction of sp³-hybridized carbons (Fsp3) is 0.579. The third-order valence-electron chi connectivity index (χ3n) is 4.75. The third kappa shape index (κ3) is 6.42. The maximum Gasteiger partial charge on any atom is 0.239 e. The van der Waals surface area contributed by atoms with Gasteiger partial charge in [-0.3, -0.25) is 14.7 Å². The number of amides is 1. The average Bonchev–Trinajstić information content (AvgIpc) is 3.02. The van der Waals surface area contributed by atoms with Crippen molar-refractivity contribution in [3.05, 3.63) is 29.3 Å². The van der Waals surface area contributed by atoms with Crippen LogP contribution in [0.1, 0.15) is 30.4 Å². The Balaban J connectivity index is 0.00000338. The maximum absolute atomic E-state index is 12.2. The second kappa shape index (κ2) is 10.7. The van der Waals surface area contributed by atoms with Crippen LogP contribution in [-0.2, 0) is 4.79 Å². The summed E-state index contributed by atoms with van der Waals surface area (Å²) in [6.07, 6.45) is 2.94. The molecule has 1 aliphatic heterocycles. The van der Waals surface area contributed by atoms with E-state index in [9.17, 15) is 4.79 Å². The summed E-state index contributed by atoms with van der Waals surface area (Å²) < 4.78 is 0. The van der Waals surface area contributed by atoms with Gasteiger partial charge in [0, 0.05) is 32.9 Å². The minimum Gasteiger partial charge on any atom is -0.370 e. The summed E-state index contributed by atoms with van der Waals surface area (Å²) in [7, 11) is 3.64. The molecule has 1 aliphatic rings. The molecule has 2 rings (SSSR count). The summed E-state index contributed by atoms with van der Waals surface area (Å²) in [5.41, 5.74) is 9.41. The number of likely N-dealkylation sites (tertiary alicyclic amines) is 1. The molecule has 0 saturated carbocycles. The molecule has 1 aromatic rings. The van der Waals surface area contributed by atoms with Crippen molar-refractivity contribution in [3.8, 4) is 0 Å². The lowest BCUT2D eigenvalue weighted by Crippen LogP contribution is -2.43. The van der Waals surface area contributed by atoms with E-state index >= 15 is 0 Å². The highest BCUT2D eigenvalue weighted by Crippen LogP contribution is 2.19. The quantitative estimate of drug-likeness (QED) is 0.288. The van der Waals surface area contributed by atoms with Gasteiger partial charge in [0.25, 0.3) is 0 Å². The highest BCUT2D eigenvalue weighted by molar-refractivity contribution is 14.0. The van der Waals surface area contributed by atoms with Gasteiger partial charge in [-0.15, -0.1) is 24.0 Å². The number of rotatable bonds is 6. The molecule has 1 aromatic carbocycles. The summed E-state index contributed by atoms with van der Waals surface area (Å²) in [5, 5.41) is 3.13. The Kier molecular flexibility index (Phi) is 9.35. The van der Waals surface area contributed by atoms with E-state index in [0.29, 0.717) is 12.5 Å². The maximum atomic E-state index is 12.2. The molecule has 0 spiro atoms. The SMILES string of the molecule is Cc1ccc(NC(N)=NCCCN2CCCC2C(=O)N(C)C)cc1C.I. The van der Waals surface area contributed by atoms with Crippen LogP contribution in [0.4, 0.5) is 5.69 Å². The molecule has 7 heteroatoms. The number of nitrogens with zero attached hydrogens (tertiary/aromatic N) is 3. The van der Waals surface area contributed by atoms with Crippen molar-refractivity contribution in [2.75, 3.05) is 39.0 Å². The minimum atomic E-state index is 0. The van der Waals surface area contributed by atoms with Gasteiger partial charge in [0.2, 0.25) is 5.91 Å². The molecule has 146 valence electrons. The zero-order chi connectivity index (χ0) is 18.4. The molecule has 0 radical (unpaired) electrons. The first kappa shape index (κ1) is 22.7. The van der Waals surface area contributed by atoms with Crippen LogP contribution in [-0.4, -0.2) is 61.4 Å². The number of likely N-dealkylation sites (N-methyl/N-ethyl adjacent to an activating group) is 1. The van der Waals surface area contributed by atoms with Crippen LogP contribution in [0.5, 0.6) is 0 Å². The summed E-state index contributed by atoms with van der Waals surface area (Å²) in [4.78, 5) is 20.5. The van der Waals surface area contributed by atoms with Gasteiger partial charge in [0.05, 0.1) is 6.04 Å². The lowest BCUT2D eigenvalue weighted by Gasteiger charge is -2.25. The van der Waals surface area contributed by atoms with Crippen molar-refractivity contribution in [1.29, 1.82) is 0 Å². The highest BCUT2D eigenvalue weighted by atomic mass is 127. The predicted molar refractivity (Wildman–Crippen MR) is 119 cm³/mol. The van der Waals surface area contributed by atoms with Crippen molar-refractivity contribution in [2.24, 2.45) is 10.7 Å². The van der Waals surface area contributed by atoms with Crippen molar-refractivity contribution in [1.82, 2.24) is 9.80 Å². The lowest BCUT2D eigenvalue weighted by atomic mass is 10.1. The molecule has 3 N–H and O–H groups in total. The molecule has 1 amide bonds. The van der Waals surface area contributed by atoms with Crippen molar-refractivity contribution < 1.29 is 4.79 Å². The molecule has 1 fully saturated rings. The van der Waals surface area contributed by atoms with E-state index in [-0.39, 0.29) is 35.9 Å². The number of anilines is 1. The Morgan fingerprint density at radius 1 is 1.35 bits per heavy atom. The number of carbonyl (C=O) groups excluding carboxylic acids is 1. The molecular formula is C19H32IN5O. The molecule has 0 aromatic heterocycles. The number of hydrogen-bond donors (Lipinski definition) is 2. The van der Waals surface area contributed by atoms with Gasteiger partial charge in [-0.25, -0.2) is 0 Å². The van der Waals surface area contributed by atoms with Gasteiger partial charge >= 0.3 is 0 Å². The van der Waals surface area contributed by atoms with Crippen LogP contribution in [0, 0.1) is 13.8 Å².